The van der Waals surface area contributed by atoms with Crippen LogP contribution in [0.15, 0.2) is 30.6 Å². The number of nitrogens with zero attached hydrogens (tertiary/aromatic N) is 4. The Morgan fingerprint density at radius 3 is 2.55 bits per heavy atom. The van der Waals surface area contributed by atoms with E-state index in [1.165, 1.54) is 0 Å². The van der Waals surface area contributed by atoms with Gasteiger partial charge in [0.1, 0.15) is 17.7 Å². The van der Waals surface area contributed by atoms with Crippen molar-refractivity contribution in [1.29, 1.82) is 0 Å². The summed E-state index contributed by atoms with van der Waals surface area (Å²) in [6.45, 7) is -1.03. The maximum absolute atomic E-state index is 13.1. The number of ether oxygens (including phenoxy) is 2. The molecule has 1 aliphatic heterocycles. The fourth-order valence-electron chi connectivity index (χ4n) is 4.19. The van der Waals surface area contributed by atoms with E-state index in [1.807, 2.05) is 5.92 Å². The van der Waals surface area contributed by atoms with Gasteiger partial charge in [-0.25, -0.2) is 14.6 Å². The zero-order valence-electron chi connectivity index (χ0n) is 19.9. The molecule has 212 valence electrons. The number of anilines is 1. The van der Waals surface area contributed by atoms with Crippen LogP contribution in [0.4, 0.5) is 19.0 Å². The molecule has 13 nitrogen and oxygen atoms in total. The fourth-order valence-corrected chi connectivity index (χ4v) is 4.36. The Kier molecular flexibility index (Phi) is 7.38. The number of alkyl halides is 3. The standard InChI is InChI=1S/C23H19ClF3N5O8/c1-2-21(38)12(40-17(14(21)33)32-9-29-13-15(28)30-20(24)31-16(13)32)8-39-22(18(34)35,19(36)37)7-10-4-3-5-11(6-10)23(25,26)27/h1,3-6,9,12,14,17,33,38H,7-8H2,(H,34,35)(H,36,37)(H2,28,30,31)/t12-,14+,17-,21-/m1/s1. The number of nitrogens with two attached hydrogens (primary N) is 1. The largest absolute Gasteiger partial charge is 0.479 e. The molecule has 0 spiro atoms. The number of hydrogen-bond donors (Lipinski definition) is 5. The topological polar surface area (TPSA) is 203 Å². The first-order valence-electron chi connectivity index (χ1n) is 11.1. The maximum Gasteiger partial charge on any atom is 0.416 e. The lowest BCUT2D eigenvalue weighted by atomic mass is 9.91. The number of nitrogen functional groups attached to an aromatic ring is 1. The van der Waals surface area contributed by atoms with E-state index in [-0.39, 0.29) is 27.8 Å². The Morgan fingerprint density at radius 1 is 1.27 bits per heavy atom. The number of aliphatic carboxylic acids is 2. The molecule has 40 heavy (non-hydrogen) atoms. The second-order valence-corrected chi connectivity index (χ2v) is 9.09. The molecule has 0 aliphatic carbocycles. The van der Waals surface area contributed by atoms with E-state index in [0.29, 0.717) is 6.07 Å². The van der Waals surface area contributed by atoms with Crippen LogP contribution in [-0.2, 0) is 31.7 Å². The van der Waals surface area contributed by atoms with E-state index in [1.54, 1.807) is 0 Å². The highest BCUT2D eigenvalue weighted by atomic mass is 35.5. The Morgan fingerprint density at radius 2 is 1.95 bits per heavy atom. The molecule has 4 atom stereocenters. The number of terminal acetylenes is 1. The molecular weight excluding hydrogens is 567 g/mol. The number of carboxylic acids is 2. The molecule has 1 saturated heterocycles. The molecule has 1 aromatic carbocycles. The van der Waals surface area contributed by atoms with Gasteiger partial charge in [-0.2, -0.15) is 23.1 Å². The van der Waals surface area contributed by atoms with E-state index in [4.69, 9.17) is 33.2 Å². The predicted molar refractivity (Wildman–Crippen MR) is 128 cm³/mol. The molecule has 0 saturated carbocycles. The number of hydrogen-bond acceptors (Lipinski definition) is 10. The number of carbonyl (C=O) groups is 2. The lowest BCUT2D eigenvalue weighted by Gasteiger charge is -2.30. The van der Waals surface area contributed by atoms with Crippen molar-refractivity contribution in [2.45, 2.75) is 42.2 Å². The van der Waals surface area contributed by atoms with Crippen molar-refractivity contribution in [1.82, 2.24) is 19.5 Å². The van der Waals surface area contributed by atoms with Gasteiger partial charge in [0.15, 0.2) is 23.3 Å². The monoisotopic (exact) mass is 585 g/mol. The molecule has 0 amide bonds. The van der Waals surface area contributed by atoms with Crippen molar-refractivity contribution in [3.05, 3.63) is 47.0 Å². The van der Waals surface area contributed by atoms with Gasteiger partial charge in [-0.15, -0.1) is 6.42 Å². The van der Waals surface area contributed by atoms with Crippen LogP contribution < -0.4 is 5.73 Å². The van der Waals surface area contributed by atoms with Crippen LogP contribution >= 0.6 is 11.6 Å². The minimum atomic E-state index is -4.78. The Labute approximate surface area is 226 Å². The van der Waals surface area contributed by atoms with Crippen molar-refractivity contribution in [3.63, 3.8) is 0 Å². The average Bonchev–Trinajstić information content (AvgIpc) is 3.40. The Hall–Kier alpha value is -4.01. The van der Waals surface area contributed by atoms with Crippen LogP contribution in [0.2, 0.25) is 5.28 Å². The number of rotatable bonds is 8. The van der Waals surface area contributed by atoms with E-state index in [2.05, 4.69) is 15.0 Å². The summed E-state index contributed by atoms with van der Waals surface area (Å²) in [7, 11) is 0. The van der Waals surface area contributed by atoms with Crippen LogP contribution in [0.5, 0.6) is 0 Å². The summed E-state index contributed by atoms with van der Waals surface area (Å²) in [5.41, 5.74) is -1.37. The van der Waals surface area contributed by atoms with Gasteiger partial charge in [-0.3, -0.25) is 4.57 Å². The average molecular weight is 586 g/mol. The van der Waals surface area contributed by atoms with E-state index < -0.39 is 66.3 Å². The quantitative estimate of drug-likeness (QED) is 0.142. The highest BCUT2D eigenvalue weighted by Gasteiger charge is 2.58. The first-order valence-corrected chi connectivity index (χ1v) is 11.5. The van der Waals surface area contributed by atoms with Gasteiger partial charge in [0.2, 0.25) is 5.28 Å². The summed E-state index contributed by atoms with van der Waals surface area (Å²) in [4.78, 5) is 36.0. The number of carboxylic acid groups (broad SMARTS) is 2. The summed E-state index contributed by atoms with van der Waals surface area (Å²) in [5, 5.41) is 41.2. The smallest absolute Gasteiger partial charge is 0.416 e. The van der Waals surface area contributed by atoms with Crippen LogP contribution in [0.25, 0.3) is 11.2 Å². The van der Waals surface area contributed by atoms with Crippen molar-refractivity contribution >= 4 is 40.5 Å². The Balaban J connectivity index is 1.66. The van der Waals surface area contributed by atoms with Gasteiger partial charge >= 0.3 is 18.1 Å². The molecule has 3 heterocycles. The van der Waals surface area contributed by atoms with Gasteiger partial charge in [-0.05, 0) is 23.2 Å². The highest BCUT2D eigenvalue weighted by Crippen LogP contribution is 2.39. The van der Waals surface area contributed by atoms with Gasteiger partial charge < -0.3 is 35.6 Å². The SMILES string of the molecule is C#C[C@@]1(O)[C@@H](COC(Cc2cccc(C(F)(F)F)c2)(C(=O)O)C(=O)O)O[C@@H](n2cnc3c(N)nc(Cl)nc32)[C@@H]1O. The molecule has 17 heteroatoms. The number of aliphatic hydroxyl groups excluding tert-OH is 1. The molecule has 2 aromatic heterocycles. The molecule has 3 aromatic rings. The third-order valence-corrected chi connectivity index (χ3v) is 6.49. The van der Waals surface area contributed by atoms with Crippen LogP contribution in [-0.4, -0.2) is 81.9 Å². The minimum absolute atomic E-state index is 0.0301. The molecule has 0 bridgehead atoms. The number of imidazole rings is 1. The van der Waals surface area contributed by atoms with E-state index in [0.717, 1.165) is 29.1 Å². The van der Waals surface area contributed by atoms with Crippen LogP contribution in [0, 0.1) is 12.3 Å². The lowest BCUT2D eigenvalue weighted by Crippen LogP contribution is -2.55. The zero-order chi connectivity index (χ0) is 29.6. The highest BCUT2D eigenvalue weighted by molar-refractivity contribution is 6.28. The van der Waals surface area contributed by atoms with Crippen molar-refractivity contribution < 1.29 is 52.7 Å². The van der Waals surface area contributed by atoms with Gasteiger partial charge in [0, 0.05) is 6.42 Å². The molecule has 1 aliphatic rings. The van der Waals surface area contributed by atoms with E-state index >= 15 is 0 Å². The normalized spacial score (nSPS) is 23.3. The third kappa shape index (κ3) is 4.89. The summed E-state index contributed by atoms with van der Waals surface area (Å²) in [6, 6.07) is 3.37. The van der Waals surface area contributed by atoms with E-state index in [9.17, 15) is 43.2 Å². The van der Waals surface area contributed by atoms with Crippen molar-refractivity contribution in [3.8, 4) is 12.3 Å². The number of halogens is 4. The molecule has 0 radical (unpaired) electrons. The first kappa shape index (κ1) is 29.0. The second-order valence-electron chi connectivity index (χ2n) is 8.75. The van der Waals surface area contributed by atoms with Crippen LogP contribution in [0.3, 0.4) is 0 Å². The molecular formula is C23H19ClF3N5O8. The van der Waals surface area contributed by atoms with Crippen molar-refractivity contribution in [2.75, 3.05) is 12.3 Å². The predicted octanol–water partition coefficient (Wildman–Crippen LogP) is 0.871. The summed E-state index contributed by atoms with van der Waals surface area (Å²) in [5.74, 6) is -2.29. The van der Waals surface area contributed by atoms with Crippen LogP contribution in [0.1, 0.15) is 17.4 Å². The fraction of sp³-hybridized carbons (Fsp3) is 0.348. The summed E-state index contributed by atoms with van der Waals surface area (Å²) < 4.78 is 51.4. The lowest BCUT2D eigenvalue weighted by molar-refractivity contribution is -0.191. The summed E-state index contributed by atoms with van der Waals surface area (Å²) in [6.07, 6.45) is -4.47. The number of aromatic nitrogens is 4. The van der Waals surface area contributed by atoms with Gasteiger partial charge in [-0.1, -0.05) is 24.1 Å². The molecule has 4 rings (SSSR count). The number of aliphatic hydroxyl groups is 2. The molecule has 1 fully saturated rings. The Bertz CT molecular complexity index is 1510. The second kappa shape index (κ2) is 10.2. The molecule has 0 unspecified atom stereocenters. The summed E-state index contributed by atoms with van der Waals surface area (Å²) >= 11 is 5.85. The van der Waals surface area contributed by atoms with Crippen molar-refractivity contribution in [2.24, 2.45) is 0 Å². The number of benzene rings is 1. The third-order valence-electron chi connectivity index (χ3n) is 6.32. The number of fused-ring (bicyclic) bond motifs is 1. The molecule has 6 N–H and O–H groups in total. The van der Waals surface area contributed by atoms with Gasteiger partial charge in [0.05, 0.1) is 18.5 Å². The minimum Gasteiger partial charge on any atom is -0.479 e. The van der Waals surface area contributed by atoms with Gasteiger partial charge in [0.25, 0.3) is 5.60 Å². The first-order chi connectivity index (χ1) is 18.6. The maximum atomic E-state index is 13.1. The zero-order valence-corrected chi connectivity index (χ0v) is 20.7.